The molecule has 2 aliphatic rings. The molecule has 6 heteroatoms. The molecule has 0 N–H and O–H groups in total. The van der Waals surface area contributed by atoms with Gasteiger partial charge in [0.05, 0.1) is 12.7 Å². The number of hydrogen-bond acceptors (Lipinski definition) is 6. The lowest BCUT2D eigenvalue weighted by Gasteiger charge is -2.31. The van der Waals surface area contributed by atoms with Crippen molar-refractivity contribution >= 4 is 17.3 Å². The fourth-order valence-electron chi connectivity index (χ4n) is 3.21. The van der Waals surface area contributed by atoms with E-state index in [4.69, 9.17) is 9.47 Å². The lowest BCUT2D eigenvalue weighted by atomic mass is 9.81. The summed E-state index contributed by atoms with van der Waals surface area (Å²) in [6.45, 7) is 0. The highest BCUT2D eigenvalue weighted by Gasteiger charge is 2.32. The molecular formula is C20H18N2O4. The third-order valence-corrected chi connectivity index (χ3v) is 4.51. The predicted octanol–water partition coefficient (Wildman–Crippen LogP) is 2.45. The molecule has 0 fully saturated rings. The van der Waals surface area contributed by atoms with Crippen LogP contribution in [0.25, 0.3) is 5.57 Å². The minimum absolute atomic E-state index is 0.0169. The maximum absolute atomic E-state index is 12.2. The number of carbonyl (C=O) groups excluding carboxylic acids is 2. The standard InChI is InChI=1S/C20H18N2O4/c1-22-11-14-8-17(23)18(25-2)9-15(14)19(16(22)10-21)12-4-6-13(7-5-12)20(24)26-3/h4-7,9,11,18H,8H2,1-3H3. The summed E-state index contributed by atoms with van der Waals surface area (Å²) < 4.78 is 9.99. The molecule has 6 nitrogen and oxygen atoms in total. The van der Waals surface area contributed by atoms with E-state index in [0.29, 0.717) is 11.3 Å². The van der Waals surface area contributed by atoms with E-state index in [1.54, 1.807) is 48.5 Å². The van der Waals surface area contributed by atoms with E-state index in [1.807, 2.05) is 0 Å². The molecule has 0 radical (unpaired) electrons. The van der Waals surface area contributed by atoms with Crippen LogP contribution in [0.3, 0.4) is 0 Å². The zero-order valence-electron chi connectivity index (χ0n) is 14.8. The number of nitrogens with zero attached hydrogens (tertiary/aromatic N) is 2. The van der Waals surface area contributed by atoms with Crippen molar-refractivity contribution in [3.63, 3.8) is 0 Å². The van der Waals surface area contributed by atoms with E-state index in [1.165, 1.54) is 14.2 Å². The number of Topliss-reactive ketones (excluding diaryl/α,β-unsaturated/α-hetero) is 1. The lowest BCUT2D eigenvalue weighted by Crippen LogP contribution is -2.29. The maximum atomic E-state index is 12.2. The number of benzene rings is 1. The van der Waals surface area contributed by atoms with Crippen molar-refractivity contribution in [3.05, 3.63) is 64.5 Å². The van der Waals surface area contributed by atoms with Gasteiger partial charge in [-0.15, -0.1) is 0 Å². The van der Waals surface area contributed by atoms with Gasteiger partial charge in [-0.3, -0.25) is 4.79 Å². The first-order chi connectivity index (χ1) is 12.5. The summed E-state index contributed by atoms with van der Waals surface area (Å²) in [7, 11) is 4.59. The van der Waals surface area contributed by atoms with Crippen molar-refractivity contribution in [2.24, 2.45) is 0 Å². The Morgan fingerprint density at radius 1 is 1.27 bits per heavy atom. The van der Waals surface area contributed by atoms with Gasteiger partial charge in [0.1, 0.15) is 17.9 Å². The van der Waals surface area contributed by atoms with Gasteiger partial charge < -0.3 is 14.4 Å². The van der Waals surface area contributed by atoms with Crippen LogP contribution in [0.4, 0.5) is 0 Å². The van der Waals surface area contributed by atoms with Crippen molar-refractivity contribution in [1.82, 2.24) is 4.90 Å². The maximum Gasteiger partial charge on any atom is 0.337 e. The molecule has 0 aromatic heterocycles. The first-order valence-corrected chi connectivity index (χ1v) is 8.05. The van der Waals surface area contributed by atoms with E-state index < -0.39 is 12.1 Å². The molecule has 1 unspecified atom stereocenters. The van der Waals surface area contributed by atoms with Crippen LogP contribution < -0.4 is 0 Å². The minimum Gasteiger partial charge on any atom is -0.465 e. The van der Waals surface area contributed by atoms with E-state index >= 15 is 0 Å². The molecule has 1 aromatic rings. The average Bonchev–Trinajstić information content (AvgIpc) is 2.66. The Morgan fingerprint density at radius 2 is 1.96 bits per heavy atom. The van der Waals surface area contributed by atoms with Crippen LogP contribution in [0.15, 0.2) is 53.4 Å². The summed E-state index contributed by atoms with van der Waals surface area (Å²) in [5.41, 5.74) is 4.06. The van der Waals surface area contributed by atoms with Crippen LogP contribution >= 0.6 is 0 Å². The molecule has 0 bridgehead atoms. The average molecular weight is 350 g/mol. The van der Waals surface area contributed by atoms with Gasteiger partial charge in [0, 0.05) is 32.4 Å². The molecular weight excluding hydrogens is 332 g/mol. The Labute approximate surface area is 151 Å². The molecule has 0 spiro atoms. The molecule has 3 rings (SSSR count). The van der Waals surface area contributed by atoms with E-state index in [0.717, 1.165) is 22.3 Å². The summed E-state index contributed by atoms with van der Waals surface area (Å²) in [5.74, 6) is -0.439. The minimum atomic E-state index is -0.630. The van der Waals surface area contributed by atoms with Crippen LogP contribution in [0, 0.1) is 11.3 Å². The predicted molar refractivity (Wildman–Crippen MR) is 94.7 cm³/mol. The summed E-state index contributed by atoms with van der Waals surface area (Å²) in [6.07, 6.45) is 3.18. The number of methoxy groups -OCH3 is 2. The topological polar surface area (TPSA) is 79.6 Å². The molecule has 1 aromatic carbocycles. The zero-order valence-corrected chi connectivity index (χ0v) is 14.8. The molecule has 132 valence electrons. The summed E-state index contributed by atoms with van der Waals surface area (Å²) in [6, 6.07) is 9.09. The monoisotopic (exact) mass is 350 g/mol. The molecule has 0 saturated carbocycles. The number of hydrogen-bond donors (Lipinski definition) is 0. The number of ether oxygens (including phenoxy) is 2. The van der Waals surface area contributed by atoms with Gasteiger partial charge in [0.15, 0.2) is 5.78 Å². The van der Waals surface area contributed by atoms with Crippen molar-refractivity contribution < 1.29 is 19.1 Å². The van der Waals surface area contributed by atoms with Crippen LogP contribution in [0.2, 0.25) is 0 Å². The van der Waals surface area contributed by atoms with Gasteiger partial charge in [0.25, 0.3) is 0 Å². The fourth-order valence-corrected chi connectivity index (χ4v) is 3.21. The van der Waals surface area contributed by atoms with Gasteiger partial charge in [-0.1, -0.05) is 12.1 Å². The Hall–Kier alpha value is -3.17. The quantitative estimate of drug-likeness (QED) is 0.779. The number of esters is 1. The molecule has 1 aliphatic carbocycles. The van der Waals surface area contributed by atoms with Crippen LogP contribution in [0.5, 0.6) is 0 Å². The second-order valence-corrected chi connectivity index (χ2v) is 6.05. The highest BCUT2D eigenvalue weighted by Crippen LogP contribution is 2.40. The molecule has 0 amide bonds. The highest BCUT2D eigenvalue weighted by molar-refractivity contribution is 5.98. The van der Waals surface area contributed by atoms with Crippen molar-refractivity contribution in [2.45, 2.75) is 12.5 Å². The third kappa shape index (κ3) is 2.93. The number of allylic oxidation sites excluding steroid dienone is 4. The highest BCUT2D eigenvalue weighted by atomic mass is 16.5. The van der Waals surface area contributed by atoms with Crippen molar-refractivity contribution in [3.8, 4) is 6.07 Å². The van der Waals surface area contributed by atoms with Gasteiger partial charge in [0.2, 0.25) is 0 Å². The number of rotatable bonds is 3. The largest absolute Gasteiger partial charge is 0.465 e. The van der Waals surface area contributed by atoms with E-state index in [2.05, 4.69) is 6.07 Å². The van der Waals surface area contributed by atoms with E-state index in [9.17, 15) is 14.9 Å². The zero-order chi connectivity index (χ0) is 18.8. The van der Waals surface area contributed by atoms with Crippen LogP contribution in [-0.4, -0.2) is 44.0 Å². The third-order valence-electron chi connectivity index (χ3n) is 4.51. The number of carbonyl (C=O) groups is 2. The SMILES string of the molecule is COC(=O)c1ccc(C2=C(C#N)N(C)C=C3CC(=O)C(OC)C=C32)cc1. The first-order valence-electron chi connectivity index (χ1n) is 8.05. The Morgan fingerprint density at radius 3 is 2.54 bits per heavy atom. The molecule has 0 saturated heterocycles. The van der Waals surface area contributed by atoms with Crippen LogP contribution in [0.1, 0.15) is 22.3 Å². The number of ketones is 1. The smallest absolute Gasteiger partial charge is 0.337 e. The molecule has 1 aliphatic heterocycles. The summed E-state index contributed by atoms with van der Waals surface area (Å²) in [4.78, 5) is 25.5. The number of nitriles is 1. The van der Waals surface area contributed by atoms with Crippen molar-refractivity contribution in [2.75, 3.05) is 21.3 Å². The lowest BCUT2D eigenvalue weighted by molar-refractivity contribution is -0.125. The first kappa shape index (κ1) is 17.6. The molecule has 1 heterocycles. The summed E-state index contributed by atoms with van der Waals surface area (Å²) in [5, 5.41) is 9.66. The number of fused-ring (bicyclic) bond motifs is 1. The Bertz CT molecular complexity index is 901. The Balaban J connectivity index is 2.14. The van der Waals surface area contributed by atoms with E-state index in [-0.39, 0.29) is 12.2 Å². The normalized spacial score (nSPS) is 19.4. The van der Waals surface area contributed by atoms with Gasteiger partial charge >= 0.3 is 5.97 Å². The summed E-state index contributed by atoms with van der Waals surface area (Å²) >= 11 is 0. The molecule has 26 heavy (non-hydrogen) atoms. The van der Waals surface area contributed by atoms with Crippen LogP contribution in [-0.2, 0) is 14.3 Å². The fraction of sp³-hybridized carbons (Fsp3) is 0.250. The van der Waals surface area contributed by atoms with Gasteiger partial charge in [-0.2, -0.15) is 5.26 Å². The van der Waals surface area contributed by atoms with Crippen molar-refractivity contribution in [1.29, 1.82) is 5.26 Å². The Kier molecular flexibility index (Phi) is 4.74. The van der Waals surface area contributed by atoms with Gasteiger partial charge in [-0.25, -0.2) is 4.79 Å². The second kappa shape index (κ2) is 6.98. The van der Waals surface area contributed by atoms with Gasteiger partial charge in [-0.05, 0) is 34.9 Å². The molecule has 1 atom stereocenters. The second-order valence-electron chi connectivity index (χ2n) is 6.05.